The first-order valence-electron chi connectivity index (χ1n) is 14.6. The van der Waals surface area contributed by atoms with Gasteiger partial charge in [0.25, 0.3) is 0 Å². The summed E-state index contributed by atoms with van der Waals surface area (Å²) in [5, 5.41) is 51.4. The second kappa shape index (κ2) is 13.1. The normalized spacial score (nSPS) is 19.7. The molecule has 2 heterocycles. The lowest BCUT2D eigenvalue weighted by atomic mass is 9.92. The third-order valence-electron chi connectivity index (χ3n) is 7.82. The number of carbonyl (C=O) groups excluding carboxylic acids is 2. The molecule has 0 aliphatic carbocycles. The second-order valence-corrected chi connectivity index (χ2v) is 10.9. The van der Waals surface area contributed by atoms with Gasteiger partial charge >= 0.3 is 5.97 Å². The van der Waals surface area contributed by atoms with Gasteiger partial charge in [0.2, 0.25) is 5.78 Å². The number of methoxy groups -OCH3 is 2. The Labute approximate surface area is 273 Å². The number of aromatic hydroxyl groups is 3. The summed E-state index contributed by atoms with van der Waals surface area (Å²) >= 11 is 0. The van der Waals surface area contributed by atoms with Crippen LogP contribution in [0.3, 0.4) is 0 Å². The Morgan fingerprint density at radius 1 is 0.771 bits per heavy atom. The highest BCUT2D eigenvalue weighted by Crippen LogP contribution is 2.46. The van der Waals surface area contributed by atoms with Crippen molar-refractivity contribution in [3.05, 3.63) is 95.1 Å². The fourth-order valence-electron chi connectivity index (χ4n) is 5.44. The molecule has 5 N–H and O–H groups in total. The molecule has 13 heteroatoms. The van der Waals surface area contributed by atoms with Gasteiger partial charge in [0.1, 0.15) is 22.8 Å². The molecule has 4 aromatic rings. The van der Waals surface area contributed by atoms with Crippen LogP contribution < -0.4 is 28.4 Å². The summed E-state index contributed by atoms with van der Waals surface area (Å²) in [5.41, 5.74) is 1.13. The van der Waals surface area contributed by atoms with Crippen molar-refractivity contribution in [2.75, 3.05) is 20.8 Å². The van der Waals surface area contributed by atoms with Crippen LogP contribution in [0.25, 0.3) is 6.08 Å². The molecule has 0 saturated carbocycles. The number of aliphatic hydroxyl groups is 2. The minimum Gasteiger partial charge on any atom is -0.507 e. The van der Waals surface area contributed by atoms with E-state index in [0.29, 0.717) is 22.4 Å². The number of hydrogen-bond donors (Lipinski definition) is 5. The van der Waals surface area contributed by atoms with Gasteiger partial charge in [-0.3, -0.25) is 4.79 Å². The Morgan fingerprint density at radius 3 is 2.17 bits per heavy atom. The van der Waals surface area contributed by atoms with E-state index in [1.54, 1.807) is 30.3 Å². The molecule has 0 fully saturated rings. The molecule has 0 radical (unpaired) electrons. The highest BCUT2D eigenvalue weighted by atomic mass is 16.6. The van der Waals surface area contributed by atoms with Gasteiger partial charge in [0.15, 0.2) is 58.9 Å². The predicted octanol–water partition coefficient (Wildman–Crippen LogP) is 3.99. The zero-order chi connectivity index (χ0) is 34.1. The molecule has 0 amide bonds. The molecule has 0 saturated heterocycles. The van der Waals surface area contributed by atoms with Crippen molar-refractivity contribution in [3.63, 3.8) is 0 Å². The van der Waals surface area contributed by atoms with Crippen LogP contribution in [0.4, 0.5) is 0 Å². The molecule has 0 unspecified atom stereocenters. The van der Waals surface area contributed by atoms with Crippen molar-refractivity contribution >= 4 is 17.8 Å². The highest BCUT2D eigenvalue weighted by Gasteiger charge is 2.41. The number of benzene rings is 4. The van der Waals surface area contributed by atoms with Gasteiger partial charge in [0.05, 0.1) is 20.8 Å². The quantitative estimate of drug-likeness (QED) is 0.104. The SMILES string of the molecule is COc1cc(/C=C/C(=O)Oc2cc(O)c3c(c2)O[C@H](c2ccc4c(c2)O[C@H](c2ccc(O)c(OC)c2)[C@@H](CO)O4)[C@@H](O)C3=O)ccc1O. The Kier molecular flexibility index (Phi) is 8.72. The smallest absolute Gasteiger partial charge is 0.336 e. The standard InChI is InChI=1S/C35H30O13/c1-43-25-11-17(3-7-21(25)37)4-10-30(40)45-20-14-23(39)31-28(15-20)48-35(33(42)32(31)41)19-6-9-24-27(13-19)47-34(29(16-36)46-24)18-5-8-22(38)26(12-18)44-2/h3-15,29,33-39,42H,16H2,1-2H3/b10-4+/t29-,33+,34-,35-/m1/s1. The maximum atomic E-state index is 13.2. The molecule has 4 atom stereocenters. The fourth-order valence-corrected chi connectivity index (χ4v) is 5.44. The van der Waals surface area contributed by atoms with Crippen molar-refractivity contribution in [2.45, 2.75) is 24.4 Å². The van der Waals surface area contributed by atoms with Gasteiger partial charge in [-0.05, 0) is 53.6 Å². The van der Waals surface area contributed by atoms with Crippen molar-refractivity contribution in [3.8, 4) is 51.7 Å². The van der Waals surface area contributed by atoms with Crippen molar-refractivity contribution in [1.82, 2.24) is 0 Å². The summed E-state index contributed by atoms with van der Waals surface area (Å²) < 4.78 is 33.8. The molecule has 248 valence electrons. The van der Waals surface area contributed by atoms with E-state index < -0.39 is 41.9 Å². The molecule has 0 spiro atoms. The molecule has 0 aromatic heterocycles. The summed E-state index contributed by atoms with van der Waals surface area (Å²) in [5.74, 6) is -1.65. The average molecular weight is 659 g/mol. The molecule has 0 bridgehead atoms. The summed E-state index contributed by atoms with van der Waals surface area (Å²) in [6, 6.07) is 16.0. The summed E-state index contributed by atoms with van der Waals surface area (Å²) in [6.45, 7) is -0.386. The Morgan fingerprint density at radius 2 is 1.44 bits per heavy atom. The lowest BCUT2D eigenvalue weighted by molar-refractivity contribution is -0.128. The number of Topliss-reactive ketones (excluding diaryl/α,β-unsaturated/α-hetero) is 1. The highest BCUT2D eigenvalue weighted by molar-refractivity contribution is 6.05. The number of hydrogen-bond acceptors (Lipinski definition) is 13. The molecule has 2 aliphatic rings. The molecule has 2 aliphatic heterocycles. The number of phenols is 3. The number of rotatable bonds is 8. The van der Waals surface area contributed by atoms with E-state index in [4.69, 9.17) is 28.4 Å². The van der Waals surface area contributed by atoms with E-state index in [1.165, 1.54) is 50.6 Å². The lowest BCUT2D eigenvalue weighted by Gasteiger charge is -2.35. The van der Waals surface area contributed by atoms with Crippen LogP contribution in [-0.4, -0.2) is 70.3 Å². The maximum absolute atomic E-state index is 13.2. The number of carbonyl (C=O) groups is 2. The maximum Gasteiger partial charge on any atom is 0.336 e. The van der Waals surface area contributed by atoms with E-state index in [2.05, 4.69) is 0 Å². The van der Waals surface area contributed by atoms with E-state index in [1.807, 2.05) is 0 Å². The van der Waals surface area contributed by atoms with Gasteiger partial charge < -0.3 is 54.0 Å². The first-order valence-corrected chi connectivity index (χ1v) is 14.6. The van der Waals surface area contributed by atoms with Gasteiger partial charge in [-0.2, -0.15) is 0 Å². The lowest BCUT2D eigenvalue weighted by Crippen LogP contribution is -2.37. The average Bonchev–Trinajstić information content (AvgIpc) is 3.08. The largest absolute Gasteiger partial charge is 0.507 e. The van der Waals surface area contributed by atoms with Crippen LogP contribution in [0.2, 0.25) is 0 Å². The third-order valence-corrected chi connectivity index (χ3v) is 7.82. The molecular weight excluding hydrogens is 628 g/mol. The second-order valence-electron chi connectivity index (χ2n) is 10.9. The Balaban J connectivity index is 1.24. The van der Waals surface area contributed by atoms with E-state index in [0.717, 1.165) is 12.1 Å². The molecule has 13 nitrogen and oxygen atoms in total. The number of fused-ring (bicyclic) bond motifs is 2. The molecule has 6 rings (SSSR count). The van der Waals surface area contributed by atoms with Gasteiger partial charge in [-0.1, -0.05) is 18.2 Å². The van der Waals surface area contributed by atoms with Crippen LogP contribution in [0.5, 0.6) is 51.7 Å². The third kappa shape index (κ3) is 6.11. The zero-order valence-corrected chi connectivity index (χ0v) is 25.5. The van der Waals surface area contributed by atoms with Crippen molar-refractivity contribution < 1.29 is 63.5 Å². The minimum atomic E-state index is -1.72. The fraction of sp³-hybridized carbons (Fsp3) is 0.200. The van der Waals surface area contributed by atoms with E-state index in [-0.39, 0.29) is 52.4 Å². The Bertz CT molecular complexity index is 1920. The summed E-state index contributed by atoms with van der Waals surface area (Å²) in [6.07, 6.45) is -2.03. The number of phenolic OH excluding ortho intramolecular Hbond substituents is 3. The summed E-state index contributed by atoms with van der Waals surface area (Å²) in [7, 11) is 2.79. The summed E-state index contributed by atoms with van der Waals surface area (Å²) in [4.78, 5) is 25.8. The number of esters is 1. The number of ketones is 1. The van der Waals surface area contributed by atoms with Crippen molar-refractivity contribution in [1.29, 1.82) is 0 Å². The van der Waals surface area contributed by atoms with Gasteiger partial charge in [0, 0.05) is 23.8 Å². The topological polar surface area (TPSA) is 191 Å². The van der Waals surface area contributed by atoms with Crippen molar-refractivity contribution in [2.24, 2.45) is 0 Å². The van der Waals surface area contributed by atoms with Crippen LogP contribution in [0.15, 0.2) is 72.8 Å². The first-order chi connectivity index (χ1) is 23.1. The van der Waals surface area contributed by atoms with E-state index in [9.17, 15) is 35.1 Å². The van der Waals surface area contributed by atoms with Crippen LogP contribution in [-0.2, 0) is 4.79 Å². The van der Waals surface area contributed by atoms with Crippen LogP contribution >= 0.6 is 0 Å². The molecule has 48 heavy (non-hydrogen) atoms. The van der Waals surface area contributed by atoms with Gasteiger partial charge in [-0.25, -0.2) is 4.79 Å². The Hall–Kier alpha value is -5.92. The monoisotopic (exact) mass is 658 g/mol. The molecular formula is C35H30O13. The zero-order valence-electron chi connectivity index (χ0n) is 25.5. The minimum absolute atomic E-state index is 0.0642. The molecule has 4 aromatic carbocycles. The van der Waals surface area contributed by atoms with Crippen LogP contribution in [0, 0.1) is 0 Å². The first kappa shape index (κ1) is 32.0. The number of ether oxygens (including phenoxy) is 6. The predicted molar refractivity (Wildman–Crippen MR) is 167 cm³/mol. The number of aliphatic hydroxyl groups excluding tert-OH is 2. The van der Waals surface area contributed by atoms with E-state index >= 15 is 0 Å². The van der Waals surface area contributed by atoms with Crippen LogP contribution in [0.1, 0.15) is 39.3 Å². The van der Waals surface area contributed by atoms with Gasteiger partial charge in [-0.15, -0.1) is 0 Å².